The van der Waals surface area contributed by atoms with E-state index in [-0.39, 0.29) is 11.9 Å². The first kappa shape index (κ1) is 21.3. The van der Waals surface area contributed by atoms with Crippen LogP contribution in [0.5, 0.6) is 0 Å². The van der Waals surface area contributed by atoms with Crippen LogP contribution in [-0.2, 0) is 20.8 Å². The van der Waals surface area contributed by atoms with Gasteiger partial charge in [0.2, 0.25) is 0 Å². The molecule has 1 saturated carbocycles. The van der Waals surface area contributed by atoms with Crippen LogP contribution in [0.15, 0.2) is 18.2 Å². The molecule has 1 aliphatic heterocycles. The number of carbonyl (C=O) groups excluding carboxylic acids is 1. The summed E-state index contributed by atoms with van der Waals surface area (Å²) in [5.41, 5.74) is 2.50. The van der Waals surface area contributed by atoms with Crippen molar-refractivity contribution < 1.29 is 14.3 Å². The standard InChI is InChI=1S/C23H34N4O3/c1-16-20-9-6-18(14-21(20)26(25-16)11-5-12-29-4)17(2)27(19-7-8-19)22(28)23(3)15-24-10-13-30-23/h6,9,14,17,19,24H,5,7-8,10-13,15H2,1-4H3/t17-,23?/m1/s1. The molecular formula is C23H34N4O3. The first-order chi connectivity index (χ1) is 14.4. The Morgan fingerprint density at radius 1 is 1.47 bits per heavy atom. The number of rotatable bonds is 8. The monoisotopic (exact) mass is 414 g/mol. The number of hydrogen-bond donors (Lipinski definition) is 1. The maximum atomic E-state index is 13.6. The van der Waals surface area contributed by atoms with Crippen molar-refractivity contribution in [2.24, 2.45) is 0 Å². The average Bonchev–Trinajstić information content (AvgIpc) is 3.53. The van der Waals surface area contributed by atoms with E-state index in [0.29, 0.717) is 25.8 Å². The van der Waals surface area contributed by atoms with Crippen molar-refractivity contribution in [3.63, 3.8) is 0 Å². The molecule has 30 heavy (non-hydrogen) atoms. The highest BCUT2D eigenvalue weighted by Gasteiger charge is 2.46. The highest BCUT2D eigenvalue weighted by molar-refractivity contribution is 5.87. The van der Waals surface area contributed by atoms with E-state index in [9.17, 15) is 4.79 Å². The Labute approximate surface area is 178 Å². The second-order valence-corrected chi connectivity index (χ2v) is 8.81. The number of benzene rings is 1. The lowest BCUT2D eigenvalue weighted by atomic mass is 9.98. The Balaban J connectivity index is 1.62. The Morgan fingerprint density at radius 3 is 2.93 bits per heavy atom. The summed E-state index contributed by atoms with van der Waals surface area (Å²) in [7, 11) is 1.72. The maximum absolute atomic E-state index is 13.6. The fraction of sp³-hybridized carbons (Fsp3) is 0.652. The van der Waals surface area contributed by atoms with Crippen LogP contribution >= 0.6 is 0 Å². The topological polar surface area (TPSA) is 68.6 Å². The smallest absolute Gasteiger partial charge is 0.256 e. The minimum Gasteiger partial charge on any atom is -0.385 e. The molecule has 0 bridgehead atoms. The summed E-state index contributed by atoms with van der Waals surface area (Å²) >= 11 is 0. The molecule has 7 nitrogen and oxygen atoms in total. The zero-order valence-electron chi connectivity index (χ0n) is 18.6. The molecule has 1 unspecified atom stereocenters. The van der Waals surface area contributed by atoms with Crippen molar-refractivity contribution in [1.29, 1.82) is 0 Å². The minimum atomic E-state index is -0.794. The van der Waals surface area contributed by atoms with Crippen molar-refractivity contribution in [2.75, 3.05) is 33.4 Å². The van der Waals surface area contributed by atoms with E-state index < -0.39 is 5.60 Å². The van der Waals surface area contributed by atoms with Crippen LogP contribution in [-0.4, -0.2) is 65.6 Å². The number of ether oxygens (including phenoxy) is 2. The number of nitrogens with one attached hydrogen (secondary N) is 1. The second-order valence-electron chi connectivity index (χ2n) is 8.81. The van der Waals surface area contributed by atoms with Crippen LogP contribution in [0.3, 0.4) is 0 Å². The van der Waals surface area contributed by atoms with E-state index >= 15 is 0 Å². The van der Waals surface area contributed by atoms with Gasteiger partial charge in [0.1, 0.15) is 0 Å². The van der Waals surface area contributed by atoms with Crippen molar-refractivity contribution in [1.82, 2.24) is 20.0 Å². The highest BCUT2D eigenvalue weighted by atomic mass is 16.5. The fourth-order valence-corrected chi connectivity index (χ4v) is 4.45. The number of fused-ring (bicyclic) bond motifs is 1. The molecule has 0 radical (unpaired) electrons. The third-order valence-corrected chi connectivity index (χ3v) is 6.37. The second kappa shape index (κ2) is 8.65. The third kappa shape index (κ3) is 4.11. The Hall–Kier alpha value is -1.96. The van der Waals surface area contributed by atoms with Crippen LogP contribution in [0.2, 0.25) is 0 Å². The largest absolute Gasteiger partial charge is 0.385 e. The van der Waals surface area contributed by atoms with Gasteiger partial charge in [0.25, 0.3) is 5.91 Å². The number of aromatic nitrogens is 2. The van der Waals surface area contributed by atoms with Gasteiger partial charge >= 0.3 is 0 Å². The van der Waals surface area contributed by atoms with E-state index in [4.69, 9.17) is 14.6 Å². The van der Waals surface area contributed by atoms with Gasteiger partial charge in [-0.3, -0.25) is 9.48 Å². The van der Waals surface area contributed by atoms with Gasteiger partial charge in [0, 0.05) is 44.8 Å². The summed E-state index contributed by atoms with van der Waals surface area (Å²) in [5.74, 6) is 0.0922. The molecule has 1 aliphatic carbocycles. The van der Waals surface area contributed by atoms with Gasteiger partial charge in [-0.15, -0.1) is 0 Å². The summed E-state index contributed by atoms with van der Waals surface area (Å²) in [4.78, 5) is 15.6. The van der Waals surface area contributed by atoms with Crippen molar-refractivity contribution >= 4 is 16.8 Å². The zero-order valence-corrected chi connectivity index (χ0v) is 18.6. The molecule has 4 rings (SSSR count). The van der Waals surface area contributed by atoms with E-state index in [2.05, 4.69) is 40.0 Å². The summed E-state index contributed by atoms with van der Waals surface area (Å²) in [6, 6.07) is 6.79. The van der Waals surface area contributed by atoms with E-state index in [1.807, 2.05) is 13.8 Å². The zero-order chi connectivity index (χ0) is 21.3. The van der Waals surface area contributed by atoms with Gasteiger partial charge in [0.15, 0.2) is 5.60 Å². The Kier molecular flexibility index (Phi) is 6.14. The van der Waals surface area contributed by atoms with Gasteiger partial charge in [-0.1, -0.05) is 12.1 Å². The Morgan fingerprint density at radius 2 is 2.27 bits per heavy atom. The Bertz CT molecular complexity index is 899. The number of nitrogens with zero attached hydrogens (tertiary/aromatic N) is 3. The molecule has 7 heteroatoms. The van der Waals surface area contributed by atoms with Crippen LogP contribution in [0.4, 0.5) is 0 Å². The molecule has 1 N–H and O–H groups in total. The van der Waals surface area contributed by atoms with Crippen molar-refractivity contribution in [2.45, 2.75) is 64.3 Å². The lowest BCUT2D eigenvalue weighted by Crippen LogP contribution is -2.58. The van der Waals surface area contributed by atoms with Gasteiger partial charge in [-0.2, -0.15) is 5.10 Å². The molecule has 1 amide bonds. The van der Waals surface area contributed by atoms with Crippen LogP contribution in [0.25, 0.3) is 10.9 Å². The number of morpholine rings is 1. The third-order valence-electron chi connectivity index (χ3n) is 6.37. The van der Waals surface area contributed by atoms with Crippen molar-refractivity contribution in [3.8, 4) is 0 Å². The molecule has 2 aliphatic rings. The molecule has 0 spiro atoms. The summed E-state index contributed by atoms with van der Waals surface area (Å²) in [5, 5.41) is 9.21. The molecule has 164 valence electrons. The summed E-state index contributed by atoms with van der Waals surface area (Å²) in [6.45, 7) is 9.56. The average molecular weight is 415 g/mol. The van der Waals surface area contributed by atoms with Gasteiger partial charge in [-0.05, 0) is 51.7 Å². The molecule has 2 fully saturated rings. The lowest BCUT2D eigenvalue weighted by Gasteiger charge is -2.40. The normalized spacial score (nSPS) is 22.9. The molecule has 1 saturated heterocycles. The summed E-state index contributed by atoms with van der Waals surface area (Å²) < 4.78 is 13.2. The van der Waals surface area contributed by atoms with Crippen LogP contribution in [0, 0.1) is 6.92 Å². The fourth-order valence-electron chi connectivity index (χ4n) is 4.45. The number of carbonyl (C=O) groups is 1. The molecule has 1 aromatic heterocycles. The van der Waals surface area contributed by atoms with Crippen molar-refractivity contribution in [3.05, 3.63) is 29.5 Å². The van der Waals surface area contributed by atoms with E-state index in [1.54, 1.807) is 7.11 Å². The molecule has 2 atom stereocenters. The van der Waals surface area contributed by atoms with Gasteiger partial charge < -0.3 is 19.7 Å². The number of hydrogen-bond acceptors (Lipinski definition) is 5. The maximum Gasteiger partial charge on any atom is 0.256 e. The molecule has 2 heterocycles. The number of methoxy groups -OCH3 is 1. The minimum absolute atomic E-state index is 0.0145. The molecular weight excluding hydrogens is 380 g/mol. The summed E-state index contributed by atoms with van der Waals surface area (Å²) in [6.07, 6.45) is 3.05. The van der Waals surface area contributed by atoms with Gasteiger partial charge in [-0.25, -0.2) is 0 Å². The van der Waals surface area contributed by atoms with E-state index in [1.165, 1.54) is 5.39 Å². The first-order valence-electron chi connectivity index (χ1n) is 11.1. The number of aryl methyl sites for hydroxylation is 2. The SMILES string of the molecule is COCCCn1nc(C)c2ccc([C@@H](C)N(C(=O)C3(C)CNCCO3)C3CC3)cc21. The first-order valence-corrected chi connectivity index (χ1v) is 11.1. The predicted octanol–water partition coefficient (Wildman–Crippen LogP) is 2.81. The van der Waals surface area contributed by atoms with Crippen LogP contribution < -0.4 is 5.32 Å². The quantitative estimate of drug-likeness (QED) is 0.673. The van der Waals surface area contributed by atoms with Crippen LogP contribution in [0.1, 0.15) is 50.4 Å². The highest BCUT2D eigenvalue weighted by Crippen LogP contribution is 2.37. The predicted molar refractivity (Wildman–Crippen MR) is 116 cm³/mol. The lowest BCUT2D eigenvalue weighted by molar-refractivity contribution is -0.162. The molecule has 1 aromatic carbocycles. The van der Waals surface area contributed by atoms with Gasteiger partial charge in [0.05, 0.1) is 23.9 Å². The van der Waals surface area contributed by atoms with E-state index in [0.717, 1.165) is 49.1 Å². The number of amides is 1. The molecule has 2 aromatic rings.